The van der Waals surface area contributed by atoms with Crippen molar-refractivity contribution in [1.29, 1.82) is 0 Å². The van der Waals surface area contributed by atoms with Gasteiger partial charge in [0, 0.05) is 10.4 Å². The molecule has 3 heteroatoms. The molecule has 0 bridgehead atoms. The van der Waals surface area contributed by atoms with Crippen molar-refractivity contribution in [2.24, 2.45) is 16.6 Å². The summed E-state index contributed by atoms with van der Waals surface area (Å²) in [6, 6.07) is 7.96. The highest BCUT2D eigenvalue weighted by atomic mass is 79.9. The Morgan fingerprint density at radius 2 is 1.75 bits per heavy atom. The Morgan fingerprint density at radius 1 is 1.12 bits per heavy atom. The number of benzene rings is 1. The topological polar surface area (TPSA) is 38.4 Å². The van der Waals surface area contributed by atoms with Crippen LogP contribution in [0.2, 0.25) is 0 Å². The number of halogens is 1. The van der Waals surface area contributed by atoms with E-state index in [-0.39, 0.29) is 0 Å². The molecular weight excluding hydrogens is 264 g/mol. The molecule has 0 atom stereocenters. The van der Waals surface area contributed by atoms with Gasteiger partial charge < -0.3 is 5.73 Å². The van der Waals surface area contributed by atoms with E-state index >= 15 is 0 Å². The lowest BCUT2D eigenvalue weighted by atomic mass is 9.88. The summed E-state index contributed by atoms with van der Waals surface area (Å²) in [4.78, 5) is 4.50. The lowest BCUT2D eigenvalue weighted by Gasteiger charge is -2.20. The third-order valence-electron chi connectivity index (χ3n) is 3.11. The highest BCUT2D eigenvalue weighted by molar-refractivity contribution is 9.10. The molecule has 1 aliphatic rings. The van der Waals surface area contributed by atoms with E-state index in [4.69, 9.17) is 5.73 Å². The van der Waals surface area contributed by atoms with Gasteiger partial charge in [-0.2, -0.15) is 0 Å². The van der Waals surface area contributed by atoms with Crippen molar-refractivity contribution < 1.29 is 0 Å². The van der Waals surface area contributed by atoms with Gasteiger partial charge in [-0.15, -0.1) is 0 Å². The van der Waals surface area contributed by atoms with Crippen molar-refractivity contribution in [1.82, 2.24) is 0 Å². The van der Waals surface area contributed by atoms with Gasteiger partial charge in [0.1, 0.15) is 5.84 Å². The maximum Gasteiger partial charge on any atom is 0.103 e. The highest BCUT2D eigenvalue weighted by Crippen LogP contribution is 2.25. The average Bonchev–Trinajstić information content (AvgIpc) is 2.33. The first-order chi connectivity index (χ1) is 7.75. The van der Waals surface area contributed by atoms with Gasteiger partial charge in [0.2, 0.25) is 0 Å². The molecule has 0 amide bonds. The molecule has 1 aromatic carbocycles. The van der Waals surface area contributed by atoms with Crippen LogP contribution in [0, 0.1) is 5.92 Å². The van der Waals surface area contributed by atoms with Crippen LogP contribution in [0.3, 0.4) is 0 Å². The first kappa shape index (κ1) is 11.6. The standard InChI is InChI=1S/C13H17BrN2/c14-11-6-8-12(9-7-11)16-13(15)10-4-2-1-3-5-10/h6-10H,1-5H2,(H2,15,16). The molecule has 1 saturated carbocycles. The van der Waals surface area contributed by atoms with Crippen LogP contribution < -0.4 is 5.73 Å². The summed E-state index contributed by atoms with van der Waals surface area (Å²) in [5.41, 5.74) is 7.01. The number of hydrogen-bond donors (Lipinski definition) is 1. The van der Waals surface area contributed by atoms with Crippen molar-refractivity contribution in [3.63, 3.8) is 0 Å². The van der Waals surface area contributed by atoms with Gasteiger partial charge in [0.25, 0.3) is 0 Å². The first-order valence-corrected chi connectivity index (χ1v) is 6.64. The molecule has 2 N–H and O–H groups in total. The molecule has 0 unspecified atom stereocenters. The number of amidine groups is 1. The minimum absolute atomic E-state index is 0.498. The zero-order valence-corrected chi connectivity index (χ0v) is 10.9. The SMILES string of the molecule is NC(=Nc1ccc(Br)cc1)C1CCCCC1. The number of hydrogen-bond acceptors (Lipinski definition) is 1. The number of rotatable bonds is 2. The summed E-state index contributed by atoms with van der Waals surface area (Å²) in [6.45, 7) is 0. The molecule has 86 valence electrons. The van der Waals surface area contributed by atoms with Gasteiger partial charge in [-0.25, -0.2) is 4.99 Å². The molecule has 0 radical (unpaired) electrons. The van der Waals surface area contributed by atoms with Gasteiger partial charge in [0.05, 0.1) is 5.69 Å². The van der Waals surface area contributed by atoms with Crippen LogP contribution in [0.1, 0.15) is 32.1 Å². The molecule has 0 heterocycles. The summed E-state index contributed by atoms with van der Waals surface area (Å²) in [5.74, 6) is 1.31. The van der Waals surface area contributed by atoms with E-state index in [0.717, 1.165) is 16.0 Å². The Balaban J connectivity index is 2.07. The molecular formula is C13H17BrN2. The zero-order valence-electron chi connectivity index (χ0n) is 9.32. The van der Waals surface area contributed by atoms with Gasteiger partial charge in [-0.3, -0.25) is 0 Å². The van der Waals surface area contributed by atoms with Crippen LogP contribution >= 0.6 is 15.9 Å². The lowest BCUT2D eigenvalue weighted by Crippen LogP contribution is -2.25. The van der Waals surface area contributed by atoms with Crippen molar-refractivity contribution in [2.75, 3.05) is 0 Å². The Hall–Kier alpha value is -0.830. The second-order valence-corrected chi connectivity index (χ2v) is 5.26. The van der Waals surface area contributed by atoms with Gasteiger partial charge in [-0.05, 0) is 37.1 Å². The quantitative estimate of drug-likeness (QED) is 0.645. The molecule has 2 rings (SSSR count). The van der Waals surface area contributed by atoms with E-state index in [1.165, 1.54) is 32.1 Å². The molecule has 1 aromatic rings. The Morgan fingerprint density at radius 3 is 2.38 bits per heavy atom. The second kappa shape index (κ2) is 5.48. The molecule has 1 aliphatic carbocycles. The van der Waals surface area contributed by atoms with Crippen LogP contribution in [0.25, 0.3) is 0 Å². The molecule has 16 heavy (non-hydrogen) atoms. The number of nitrogens with two attached hydrogens (primary N) is 1. The smallest absolute Gasteiger partial charge is 0.103 e. The van der Waals surface area contributed by atoms with E-state index in [9.17, 15) is 0 Å². The van der Waals surface area contributed by atoms with Crippen LogP contribution in [-0.4, -0.2) is 5.84 Å². The fourth-order valence-electron chi connectivity index (χ4n) is 2.15. The predicted molar refractivity (Wildman–Crippen MR) is 72.0 cm³/mol. The maximum absolute atomic E-state index is 6.06. The van der Waals surface area contributed by atoms with E-state index in [1.807, 2.05) is 24.3 Å². The monoisotopic (exact) mass is 280 g/mol. The lowest BCUT2D eigenvalue weighted by molar-refractivity contribution is 0.437. The van der Waals surface area contributed by atoms with Crippen molar-refractivity contribution >= 4 is 27.5 Å². The summed E-state index contributed by atoms with van der Waals surface area (Å²) in [5, 5.41) is 0. The Kier molecular flexibility index (Phi) is 3.99. The van der Waals surface area contributed by atoms with Crippen molar-refractivity contribution in [2.45, 2.75) is 32.1 Å². The molecule has 1 fully saturated rings. The minimum atomic E-state index is 0.498. The third kappa shape index (κ3) is 3.08. The van der Waals surface area contributed by atoms with Crippen LogP contribution in [-0.2, 0) is 0 Å². The average molecular weight is 281 g/mol. The molecule has 0 spiro atoms. The van der Waals surface area contributed by atoms with Crippen molar-refractivity contribution in [3.05, 3.63) is 28.7 Å². The summed E-state index contributed by atoms with van der Waals surface area (Å²) < 4.78 is 1.07. The van der Waals surface area contributed by atoms with Gasteiger partial charge in [0.15, 0.2) is 0 Å². The Bertz CT molecular complexity index is 364. The van der Waals surface area contributed by atoms with E-state index < -0.39 is 0 Å². The van der Waals surface area contributed by atoms with E-state index in [2.05, 4.69) is 20.9 Å². The van der Waals surface area contributed by atoms with Crippen LogP contribution in [0.4, 0.5) is 5.69 Å². The normalized spacial score (nSPS) is 18.7. The highest BCUT2D eigenvalue weighted by Gasteiger charge is 2.16. The predicted octanol–water partition coefficient (Wildman–Crippen LogP) is 4.02. The summed E-state index contributed by atoms with van der Waals surface area (Å²) >= 11 is 3.41. The number of nitrogens with zero attached hydrogens (tertiary/aromatic N) is 1. The van der Waals surface area contributed by atoms with Crippen molar-refractivity contribution in [3.8, 4) is 0 Å². The minimum Gasteiger partial charge on any atom is -0.387 e. The van der Waals surface area contributed by atoms with Gasteiger partial charge in [-0.1, -0.05) is 35.2 Å². The number of aliphatic imine (C=N–C) groups is 1. The first-order valence-electron chi connectivity index (χ1n) is 5.85. The van der Waals surface area contributed by atoms with Crippen LogP contribution in [0.5, 0.6) is 0 Å². The van der Waals surface area contributed by atoms with Gasteiger partial charge >= 0.3 is 0 Å². The third-order valence-corrected chi connectivity index (χ3v) is 3.64. The molecule has 0 aliphatic heterocycles. The van der Waals surface area contributed by atoms with Crippen LogP contribution in [0.15, 0.2) is 33.7 Å². The molecule has 0 aromatic heterocycles. The second-order valence-electron chi connectivity index (χ2n) is 4.35. The Labute approximate surface area is 105 Å². The largest absolute Gasteiger partial charge is 0.387 e. The maximum atomic E-state index is 6.06. The molecule has 2 nitrogen and oxygen atoms in total. The fourth-order valence-corrected chi connectivity index (χ4v) is 2.42. The summed E-state index contributed by atoms with van der Waals surface area (Å²) in [7, 11) is 0. The summed E-state index contributed by atoms with van der Waals surface area (Å²) in [6.07, 6.45) is 6.34. The zero-order chi connectivity index (χ0) is 11.4. The van der Waals surface area contributed by atoms with E-state index in [1.54, 1.807) is 0 Å². The van der Waals surface area contributed by atoms with E-state index in [0.29, 0.717) is 5.92 Å². The fraction of sp³-hybridized carbons (Fsp3) is 0.462. The molecule has 0 saturated heterocycles.